The Labute approximate surface area is 193 Å². The molecule has 9 heteroatoms. The maximum atomic E-state index is 12.9. The number of unbranched alkanes of at least 4 members (excludes halogenated alkanes) is 2. The lowest BCUT2D eigenvalue weighted by Gasteiger charge is -2.26. The average molecular weight is 494 g/mol. The van der Waals surface area contributed by atoms with Crippen molar-refractivity contribution >= 4 is 18.9 Å². The molecular weight excluding hydrogens is 459 g/mol. The van der Waals surface area contributed by atoms with Gasteiger partial charge in [-0.15, -0.1) is 0 Å². The van der Waals surface area contributed by atoms with E-state index in [2.05, 4.69) is 38.0 Å². The fourth-order valence-electron chi connectivity index (χ4n) is 4.25. The Kier molecular flexibility index (Phi) is 11.9. The third-order valence-electron chi connectivity index (χ3n) is 6.08. The minimum absolute atomic E-state index is 0.0569. The quantitative estimate of drug-likeness (QED) is 0.197. The number of rotatable bonds is 13. The Morgan fingerprint density at radius 2 is 2.00 bits per heavy atom. The molecule has 0 aromatic heterocycles. The summed E-state index contributed by atoms with van der Waals surface area (Å²) in [6, 6.07) is 4.84. The zero-order valence-electron chi connectivity index (χ0n) is 18.5. The van der Waals surface area contributed by atoms with Crippen molar-refractivity contribution in [1.29, 1.82) is 0 Å². The summed E-state index contributed by atoms with van der Waals surface area (Å²) in [5.41, 5.74) is -0.742. The van der Waals surface area contributed by atoms with Gasteiger partial charge in [0.2, 0.25) is 0 Å². The van der Waals surface area contributed by atoms with E-state index in [0.29, 0.717) is 12.8 Å². The highest BCUT2D eigenvalue weighted by Gasteiger charge is 2.42. The van der Waals surface area contributed by atoms with Crippen molar-refractivity contribution in [1.82, 2.24) is 0 Å². The van der Waals surface area contributed by atoms with Gasteiger partial charge in [-0.1, -0.05) is 38.0 Å². The van der Waals surface area contributed by atoms with Crippen molar-refractivity contribution in [2.24, 2.45) is 11.8 Å². The van der Waals surface area contributed by atoms with Crippen LogP contribution in [0.25, 0.3) is 0 Å². The smallest absolute Gasteiger partial charge is 0.416 e. The number of halogens is 3. The molecule has 0 aliphatic heterocycles. The zero-order valence-corrected chi connectivity index (χ0v) is 20.8. The van der Waals surface area contributed by atoms with E-state index in [4.69, 9.17) is 13.8 Å². The van der Waals surface area contributed by atoms with Crippen LogP contribution in [0, 0.1) is 11.8 Å². The summed E-state index contributed by atoms with van der Waals surface area (Å²) < 4.78 is 55.2. The van der Waals surface area contributed by atoms with Gasteiger partial charge in [0.25, 0.3) is 0 Å². The first kappa shape index (κ1) is 27.5. The minimum atomic E-state index is -4.41. The first-order valence-electron chi connectivity index (χ1n) is 11.1. The van der Waals surface area contributed by atoms with E-state index in [9.17, 15) is 18.3 Å². The number of aliphatic hydroxyl groups excluding tert-OH is 1. The maximum Gasteiger partial charge on any atom is 0.416 e. The number of allylic oxidation sites excluding steroid dienone is 2. The second-order valence-corrected chi connectivity index (χ2v) is 8.87. The van der Waals surface area contributed by atoms with Crippen molar-refractivity contribution in [2.45, 2.75) is 76.4 Å². The molecule has 32 heavy (non-hydrogen) atoms. The molecule has 4 nitrogen and oxygen atoms in total. The number of hydrogen-bond acceptors (Lipinski definition) is 4. The van der Waals surface area contributed by atoms with Gasteiger partial charge in [0.15, 0.2) is 0 Å². The molecule has 7 atom stereocenters. The molecule has 1 aromatic carbocycles. The molecule has 1 N–H and O–H groups in total. The topological polar surface area (TPSA) is 47.9 Å². The standard InChI is InChI=1S/C23H35F3O4P2/c1-2-3-4-5-6-10-19-20(22(30-32)14-21(19)27)12-11-18(29-31)15-28-17-9-7-8-16(13-17)23(24,25)26/h5-9,13,18-22,27H,2-4,10-12,14-15,31-32H2,1H3/b6-5-/t18?,19-,20-,21?,22?/m1/s1. The Balaban J connectivity index is 1.91. The van der Waals surface area contributed by atoms with Crippen LogP contribution in [0.4, 0.5) is 13.2 Å². The van der Waals surface area contributed by atoms with Crippen LogP contribution >= 0.6 is 18.9 Å². The highest BCUT2D eigenvalue weighted by Crippen LogP contribution is 2.41. The van der Waals surface area contributed by atoms with Gasteiger partial charge in [-0.2, -0.15) is 13.2 Å². The van der Waals surface area contributed by atoms with Crippen LogP contribution in [0.3, 0.4) is 0 Å². The Hall–Kier alpha value is -0.710. The SMILES string of the molecule is CCCC/C=C\C[C@H]1C(O)CC(OP)[C@@H]1CCC(COc1cccc(C(F)(F)F)c1)OP. The number of benzene rings is 1. The van der Waals surface area contributed by atoms with Crippen LogP contribution in [0.1, 0.15) is 57.4 Å². The van der Waals surface area contributed by atoms with Gasteiger partial charge in [-0.3, -0.25) is 0 Å². The van der Waals surface area contributed by atoms with Crippen molar-refractivity contribution in [3.63, 3.8) is 0 Å². The molecule has 1 saturated carbocycles. The molecule has 182 valence electrons. The van der Waals surface area contributed by atoms with Gasteiger partial charge in [0.05, 0.1) is 23.9 Å². The zero-order chi connectivity index (χ0) is 23.6. The van der Waals surface area contributed by atoms with Crippen LogP contribution in [0.15, 0.2) is 36.4 Å². The molecular formula is C23H35F3O4P2. The third kappa shape index (κ3) is 8.57. The predicted octanol–water partition coefficient (Wildman–Crippen LogP) is 6.35. The summed E-state index contributed by atoms with van der Waals surface area (Å²) in [6.07, 6.45) is 5.29. The molecule has 1 aliphatic carbocycles. The van der Waals surface area contributed by atoms with Gasteiger partial charge in [-0.05, 0) is 55.7 Å². The normalized spacial score (nSPS) is 24.8. The van der Waals surface area contributed by atoms with Gasteiger partial charge in [-0.25, -0.2) is 0 Å². The van der Waals surface area contributed by atoms with Crippen LogP contribution in [-0.2, 0) is 15.2 Å². The van der Waals surface area contributed by atoms with Gasteiger partial charge >= 0.3 is 6.18 Å². The Morgan fingerprint density at radius 1 is 1.22 bits per heavy atom. The molecule has 0 spiro atoms. The van der Waals surface area contributed by atoms with Crippen LogP contribution in [-0.4, -0.2) is 30.0 Å². The first-order valence-corrected chi connectivity index (χ1v) is 12.1. The van der Waals surface area contributed by atoms with Crippen molar-refractivity contribution < 1.29 is 32.1 Å². The molecule has 0 bridgehead atoms. The summed E-state index contributed by atoms with van der Waals surface area (Å²) in [5.74, 6) is 0.423. The Morgan fingerprint density at radius 3 is 2.66 bits per heavy atom. The van der Waals surface area contributed by atoms with Crippen molar-refractivity contribution in [2.75, 3.05) is 6.61 Å². The van der Waals surface area contributed by atoms with E-state index in [0.717, 1.165) is 44.2 Å². The van der Waals surface area contributed by atoms with Crippen molar-refractivity contribution in [3.05, 3.63) is 42.0 Å². The fourth-order valence-corrected chi connectivity index (χ4v) is 4.78. The average Bonchev–Trinajstić information content (AvgIpc) is 3.08. The molecule has 1 aromatic rings. The van der Waals surface area contributed by atoms with Crippen LogP contribution in [0.2, 0.25) is 0 Å². The monoisotopic (exact) mass is 494 g/mol. The second-order valence-electron chi connectivity index (χ2n) is 8.33. The minimum Gasteiger partial charge on any atom is -0.491 e. The summed E-state index contributed by atoms with van der Waals surface area (Å²) >= 11 is 0. The van der Waals surface area contributed by atoms with E-state index in [1.54, 1.807) is 0 Å². The number of ether oxygens (including phenoxy) is 1. The lowest BCUT2D eigenvalue weighted by molar-refractivity contribution is -0.137. The van der Waals surface area contributed by atoms with Gasteiger partial charge in [0.1, 0.15) is 12.4 Å². The maximum absolute atomic E-state index is 12.9. The summed E-state index contributed by atoms with van der Waals surface area (Å²) in [4.78, 5) is 0. The van der Waals surface area contributed by atoms with E-state index < -0.39 is 17.8 Å². The predicted molar refractivity (Wildman–Crippen MR) is 126 cm³/mol. The van der Waals surface area contributed by atoms with Crippen molar-refractivity contribution in [3.8, 4) is 5.75 Å². The van der Waals surface area contributed by atoms with Crippen LogP contribution < -0.4 is 4.74 Å². The molecule has 0 amide bonds. The van der Waals surface area contributed by atoms with Crippen LogP contribution in [0.5, 0.6) is 5.75 Å². The van der Waals surface area contributed by atoms with E-state index in [1.165, 1.54) is 12.1 Å². The van der Waals surface area contributed by atoms with E-state index in [1.807, 2.05) is 0 Å². The highest BCUT2D eigenvalue weighted by atomic mass is 31.0. The largest absolute Gasteiger partial charge is 0.491 e. The Bertz CT molecular complexity index is 702. The van der Waals surface area contributed by atoms with E-state index >= 15 is 0 Å². The third-order valence-corrected chi connectivity index (χ3v) is 6.82. The first-order chi connectivity index (χ1) is 15.3. The molecule has 0 radical (unpaired) electrons. The molecule has 0 heterocycles. The number of aliphatic hydroxyl groups is 1. The summed E-state index contributed by atoms with van der Waals surface area (Å²) in [6.45, 7) is 2.29. The molecule has 0 saturated heterocycles. The van der Waals surface area contributed by atoms with Gasteiger partial charge in [0, 0.05) is 25.4 Å². The summed E-state index contributed by atoms with van der Waals surface area (Å²) in [5, 5.41) is 10.6. The number of hydrogen-bond donors (Lipinski definition) is 1. The molecule has 2 rings (SSSR count). The van der Waals surface area contributed by atoms with E-state index in [-0.39, 0.29) is 36.4 Å². The summed E-state index contributed by atoms with van der Waals surface area (Å²) in [7, 11) is 4.52. The fraction of sp³-hybridized carbons (Fsp3) is 0.652. The highest BCUT2D eigenvalue weighted by molar-refractivity contribution is 7.10. The molecule has 5 unspecified atom stereocenters. The lowest BCUT2D eigenvalue weighted by Crippen LogP contribution is -2.26. The second kappa shape index (κ2) is 13.9. The molecule has 1 aliphatic rings. The lowest BCUT2D eigenvalue weighted by atomic mass is 9.86. The number of alkyl halides is 3. The molecule has 1 fully saturated rings. The van der Waals surface area contributed by atoms with Gasteiger partial charge < -0.3 is 18.9 Å².